The molecule has 5 rings (SSSR count). The average Bonchev–Trinajstić information content (AvgIpc) is 2.81. The Labute approximate surface area is 227 Å². The van der Waals surface area contributed by atoms with E-state index in [1.165, 1.54) is 18.1 Å². The van der Waals surface area contributed by atoms with Crippen molar-refractivity contribution in [2.24, 2.45) is 16.2 Å². The Bertz CT molecular complexity index is 1480. The predicted molar refractivity (Wildman–Crippen MR) is 153 cm³/mol. The van der Waals surface area contributed by atoms with E-state index in [1.54, 1.807) is 0 Å². The summed E-state index contributed by atoms with van der Waals surface area (Å²) in [6.45, 7) is 18.3. The summed E-state index contributed by atoms with van der Waals surface area (Å²) in [6.07, 6.45) is 2.21. The van der Waals surface area contributed by atoms with Gasteiger partial charge in [0.1, 0.15) is 0 Å². The smallest absolute Gasteiger partial charge is 0.190 e. The second-order valence-electron chi connectivity index (χ2n) is 13.2. The Morgan fingerprint density at radius 2 is 1.58 bits per heavy atom. The van der Waals surface area contributed by atoms with Crippen LogP contribution in [-0.2, 0) is 16.0 Å². The number of Topliss-reactive ketones (excluding diaryl/α,β-unsaturated/α-hetero) is 3. The van der Waals surface area contributed by atoms with E-state index in [1.807, 2.05) is 39.0 Å². The molecular weight excluding hydrogens is 468 g/mol. The van der Waals surface area contributed by atoms with Crippen LogP contribution in [0.4, 0.5) is 0 Å². The van der Waals surface area contributed by atoms with Crippen LogP contribution in [0.15, 0.2) is 58.7 Å². The van der Waals surface area contributed by atoms with Crippen molar-refractivity contribution in [1.29, 1.82) is 0 Å². The molecule has 0 fully saturated rings. The summed E-state index contributed by atoms with van der Waals surface area (Å²) in [5, 5.41) is 0. The number of rotatable bonds is 3. The van der Waals surface area contributed by atoms with E-state index in [0.29, 0.717) is 12.0 Å². The van der Waals surface area contributed by atoms with Gasteiger partial charge in [-0.05, 0) is 93.0 Å². The summed E-state index contributed by atoms with van der Waals surface area (Å²) in [7, 11) is 0. The second kappa shape index (κ2) is 8.46. The summed E-state index contributed by atoms with van der Waals surface area (Å²) >= 11 is 0. The normalized spacial score (nSPS) is 28.9. The number of carbonyl (C=O) groups is 3. The van der Waals surface area contributed by atoms with E-state index in [0.717, 1.165) is 51.8 Å². The number of hydrogen-bond acceptors (Lipinski definition) is 3. The Hall–Kier alpha value is -3.07. The number of hydrogen-bond donors (Lipinski definition) is 0. The molecule has 198 valence electrons. The Morgan fingerprint density at radius 1 is 0.947 bits per heavy atom. The van der Waals surface area contributed by atoms with Crippen molar-refractivity contribution >= 4 is 17.3 Å². The summed E-state index contributed by atoms with van der Waals surface area (Å²) in [4.78, 5) is 41.4. The van der Waals surface area contributed by atoms with Crippen LogP contribution in [0.5, 0.6) is 0 Å². The van der Waals surface area contributed by atoms with E-state index in [-0.39, 0.29) is 34.1 Å². The topological polar surface area (TPSA) is 51.2 Å². The van der Waals surface area contributed by atoms with E-state index in [4.69, 9.17) is 0 Å². The van der Waals surface area contributed by atoms with Gasteiger partial charge in [0.2, 0.25) is 0 Å². The van der Waals surface area contributed by atoms with Gasteiger partial charge in [-0.1, -0.05) is 75.2 Å². The highest BCUT2D eigenvalue weighted by atomic mass is 16.2. The molecule has 3 aliphatic carbocycles. The first-order chi connectivity index (χ1) is 17.7. The highest BCUT2D eigenvalue weighted by molar-refractivity contribution is 6.24. The molecule has 3 atom stereocenters. The fraction of sp³-hybridized carbons (Fsp3) is 0.457. The lowest BCUT2D eigenvalue weighted by molar-refractivity contribution is -0.134. The molecule has 2 aromatic carbocycles. The first-order valence-corrected chi connectivity index (χ1v) is 13.9. The average molecular weight is 509 g/mol. The van der Waals surface area contributed by atoms with Crippen molar-refractivity contribution in [3.8, 4) is 11.1 Å². The van der Waals surface area contributed by atoms with E-state index in [2.05, 4.69) is 52.8 Å². The number of ketones is 3. The van der Waals surface area contributed by atoms with Crippen LogP contribution in [0.2, 0.25) is 0 Å². The number of allylic oxidation sites excluding steroid dienone is 4. The third-order valence-electron chi connectivity index (χ3n) is 10.3. The molecule has 0 aromatic heterocycles. The number of carbonyl (C=O) groups excluding carboxylic acids is 3. The minimum atomic E-state index is -0.888. The van der Waals surface area contributed by atoms with Gasteiger partial charge < -0.3 is 0 Å². The van der Waals surface area contributed by atoms with Crippen LogP contribution >= 0.6 is 0 Å². The van der Waals surface area contributed by atoms with Gasteiger partial charge in [-0.15, -0.1) is 0 Å². The molecule has 0 saturated carbocycles. The molecule has 38 heavy (non-hydrogen) atoms. The fourth-order valence-electron chi connectivity index (χ4n) is 8.44. The molecule has 0 N–H and O–H groups in total. The van der Waals surface area contributed by atoms with Crippen molar-refractivity contribution in [2.45, 2.75) is 87.5 Å². The maximum absolute atomic E-state index is 14.7. The van der Waals surface area contributed by atoms with Gasteiger partial charge >= 0.3 is 0 Å². The quantitative estimate of drug-likeness (QED) is 0.393. The SMILES string of the molecule is CC(=O)C1=C(C)C[C@@]2(C)C[C@@]3(C)Cc4c(C(C)C)cc(-c5ccccc5)c(C)c4C(=O)C3=C(C)[C@@]2(C)C1=O. The molecule has 0 saturated heterocycles. The molecule has 0 aliphatic heterocycles. The first-order valence-electron chi connectivity index (χ1n) is 13.9. The van der Waals surface area contributed by atoms with Crippen LogP contribution in [-0.4, -0.2) is 17.3 Å². The molecule has 0 bridgehead atoms. The molecule has 3 nitrogen and oxygen atoms in total. The summed E-state index contributed by atoms with van der Waals surface area (Å²) in [5.41, 5.74) is 7.69. The van der Waals surface area contributed by atoms with Gasteiger partial charge in [0.05, 0.1) is 11.0 Å². The molecule has 3 heteroatoms. The number of fused-ring (bicyclic) bond motifs is 3. The largest absolute Gasteiger partial charge is 0.294 e. The van der Waals surface area contributed by atoms with Crippen LogP contribution in [0.25, 0.3) is 11.1 Å². The zero-order chi connectivity index (χ0) is 27.9. The molecule has 2 aromatic rings. The highest BCUT2D eigenvalue weighted by Gasteiger charge is 2.63. The van der Waals surface area contributed by atoms with Crippen LogP contribution < -0.4 is 0 Å². The van der Waals surface area contributed by atoms with E-state index < -0.39 is 5.41 Å². The van der Waals surface area contributed by atoms with Crippen LogP contribution in [0, 0.1) is 23.2 Å². The lowest BCUT2D eigenvalue weighted by atomic mass is 9.42. The van der Waals surface area contributed by atoms with Crippen molar-refractivity contribution in [2.75, 3.05) is 0 Å². The summed E-state index contributed by atoms with van der Waals surface area (Å²) in [5.74, 6) is 0.0562. The lowest BCUT2D eigenvalue weighted by Crippen LogP contribution is -2.57. The molecule has 0 amide bonds. The molecule has 0 radical (unpaired) electrons. The second-order valence-corrected chi connectivity index (χ2v) is 13.2. The summed E-state index contributed by atoms with van der Waals surface area (Å²) < 4.78 is 0. The van der Waals surface area contributed by atoms with Gasteiger partial charge in [-0.3, -0.25) is 14.4 Å². The fourth-order valence-corrected chi connectivity index (χ4v) is 8.44. The van der Waals surface area contributed by atoms with Crippen molar-refractivity contribution < 1.29 is 14.4 Å². The third-order valence-corrected chi connectivity index (χ3v) is 10.3. The summed E-state index contributed by atoms with van der Waals surface area (Å²) in [6, 6.07) is 12.6. The predicted octanol–water partition coefficient (Wildman–Crippen LogP) is 8.14. The van der Waals surface area contributed by atoms with Gasteiger partial charge in [-0.2, -0.15) is 0 Å². The third kappa shape index (κ3) is 3.36. The monoisotopic (exact) mass is 508 g/mol. The van der Waals surface area contributed by atoms with Crippen LogP contribution in [0.3, 0.4) is 0 Å². The Morgan fingerprint density at radius 3 is 2.16 bits per heavy atom. The molecule has 0 unspecified atom stereocenters. The lowest BCUT2D eigenvalue weighted by Gasteiger charge is -2.59. The standard InChI is InChI=1S/C35H40O3/c1-19(2)25-15-26(24-13-11-10-12-14-24)21(4)29-27(25)17-33(7)18-34(8)16-20(3)28(23(6)36)32(38)35(34,9)22(5)30(33)31(29)37/h10-15,19H,16-18H2,1-9H3/t33-,34+,35+/m1/s1. The minimum Gasteiger partial charge on any atom is -0.294 e. The van der Waals surface area contributed by atoms with Crippen molar-refractivity contribution in [3.63, 3.8) is 0 Å². The van der Waals surface area contributed by atoms with E-state index >= 15 is 0 Å². The Balaban J connectivity index is 1.81. The molecule has 0 spiro atoms. The minimum absolute atomic E-state index is 0.0650. The maximum atomic E-state index is 14.7. The van der Waals surface area contributed by atoms with Crippen LogP contribution in [0.1, 0.15) is 101 Å². The number of benzene rings is 2. The zero-order valence-corrected chi connectivity index (χ0v) is 24.4. The van der Waals surface area contributed by atoms with Crippen molar-refractivity contribution in [1.82, 2.24) is 0 Å². The molecule has 3 aliphatic rings. The molecular formula is C35H40O3. The zero-order valence-electron chi connectivity index (χ0n) is 24.4. The van der Waals surface area contributed by atoms with E-state index in [9.17, 15) is 14.4 Å². The van der Waals surface area contributed by atoms with Gasteiger partial charge in [0.25, 0.3) is 0 Å². The maximum Gasteiger partial charge on any atom is 0.190 e. The van der Waals surface area contributed by atoms with Gasteiger partial charge in [-0.25, -0.2) is 0 Å². The Kier molecular flexibility index (Phi) is 5.91. The molecule has 0 heterocycles. The first kappa shape index (κ1) is 26.5. The van der Waals surface area contributed by atoms with Gasteiger partial charge in [0.15, 0.2) is 17.3 Å². The highest BCUT2D eigenvalue weighted by Crippen LogP contribution is 2.66. The van der Waals surface area contributed by atoms with Gasteiger partial charge in [0, 0.05) is 16.6 Å². The van der Waals surface area contributed by atoms with Crippen molar-refractivity contribution in [3.05, 3.63) is 80.9 Å².